The molecular formula is C10H14N2O2. The summed E-state index contributed by atoms with van der Waals surface area (Å²) >= 11 is 0. The maximum Gasteiger partial charge on any atom is 0.183 e. The molecular weight excluding hydrogens is 180 g/mol. The van der Waals surface area contributed by atoms with Crippen LogP contribution >= 0.6 is 0 Å². The highest BCUT2D eigenvalue weighted by atomic mass is 16.6. The normalized spacial score (nSPS) is 10.7. The van der Waals surface area contributed by atoms with Gasteiger partial charge in [0.05, 0.1) is 6.21 Å². The number of hydrogen-bond donors (Lipinski definition) is 0. The lowest BCUT2D eigenvalue weighted by Gasteiger charge is -1.99. The van der Waals surface area contributed by atoms with Crippen molar-refractivity contribution in [1.82, 2.24) is 0 Å². The van der Waals surface area contributed by atoms with Crippen LogP contribution in [0.3, 0.4) is 0 Å². The first kappa shape index (κ1) is 10.5. The van der Waals surface area contributed by atoms with Gasteiger partial charge in [-0.25, -0.2) is 0 Å². The summed E-state index contributed by atoms with van der Waals surface area (Å²) < 4.78 is 0.763. The highest BCUT2D eigenvalue weighted by Gasteiger charge is 1.98. The Morgan fingerprint density at radius 2 is 2.43 bits per heavy atom. The van der Waals surface area contributed by atoms with Gasteiger partial charge in [-0.2, -0.15) is 4.73 Å². The van der Waals surface area contributed by atoms with Crippen LogP contribution in [0.4, 0.5) is 0 Å². The number of hydrogen-bond acceptors (Lipinski definition) is 3. The Labute approximate surface area is 83.4 Å². The van der Waals surface area contributed by atoms with E-state index in [2.05, 4.69) is 5.16 Å². The summed E-state index contributed by atoms with van der Waals surface area (Å²) in [7, 11) is 0. The average Bonchev–Trinajstić information content (AvgIpc) is 2.15. The summed E-state index contributed by atoms with van der Waals surface area (Å²) in [5.74, 6) is 0. The lowest BCUT2D eigenvalue weighted by atomic mass is 10.2. The summed E-state index contributed by atoms with van der Waals surface area (Å²) in [5, 5.41) is 14.6. The number of oxime groups is 1. The van der Waals surface area contributed by atoms with Gasteiger partial charge < -0.3 is 10.0 Å². The largest absolute Gasteiger partial charge is 0.619 e. The lowest BCUT2D eigenvalue weighted by Crippen LogP contribution is -2.25. The quantitative estimate of drug-likeness (QED) is 0.239. The monoisotopic (exact) mass is 194 g/mol. The fourth-order valence-corrected chi connectivity index (χ4v) is 0.977. The molecule has 0 fully saturated rings. The third-order valence-electron chi connectivity index (χ3n) is 1.74. The van der Waals surface area contributed by atoms with Gasteiger partial charge in [-0.05, 0) is 13.3 Å². The van der Waals surface area contributed by atoms with Gasteiger partial charge in [0.2, 0.25) is 0 Å². The second kappa shape index (κ2) is 5.21. The van der Waals surface area contributed by atoms with Crippen molar-refractivity contribution in [2.75, 3.05) is 6.61 Å². The van der Waals surface area contributed by atoms with Gasteiger partial charge in [0.25, 0.3) is 0 Å². The zero-order valence-electron chi connectivity index (χ0n) is 8.43. The minimum atomic E-state index is 0.615. The van der Waals surface area contributed by atoms with Crippen molar-refractivity contribution < 1.29 is 9.57 Å². The van der Waals surface area contributed by atoms with Crippen molar-refractivity contribution in [1.29, 1.82) is 0 Å². The van der Waals surface area contributed by atoms with Crippen molar-refractivity contribution in [3.05, 3.63) is 34.8 Å². The molecule has 0 aliphatic rings. The Morgan fingerprint density at radius 1 is 1.64 bits per heavy atom. The third kappa shape index (κ3) is 3.05. The van der Waals surface area contributed by atoms with E-state index in [0.717, 1.165) is 22.3 Å². The molecule has 1 rings (SSSR count). The lowest BCUT2D eigenvalue weighted by molar-refractivity contribution is -0.605. The van der Waals surface area contributed by atoms with Crippen LogP contribution in [-0.4, -0.2) is 12.8 Å². The molecule has 0 amide bonds. The molecule has 14 heavy (non-hydrogen) atoms. The van der Waals surface area contributed by atoms with Gasteiger partial charge in [0.1, 0.15) is 6.61 Å². The van der Waals surface area contributed by atoms with Crippen LogP contribution in [0.1, 0.15) is 24.5 Å². The van der Waals surface area contributed by atoms with Crippen LogP contribution < -0.4 is 4.73 Å². The van der Waals surface area contributed by atoms with Gasteiger partial charge in [-0.15, -0.1) is 0 Å². The van der Waals surface area contributed by atoms with Gasteiger partial charge in [-0.1, -0.05) is 12.1 Å². The molecule has 1 heterocycles. The molecule has 0 unspecified atom stereocenters. The minimum Gasteiger partial charge on any atom is -0.619 e. The second-order valence-electron chi connectivity index (χ2n) is 3.01. The van der Waals surface area contributed by atoms with E-state index < -0.39 is 0 Å². The molecule has 0 saturated carbocycles. The Bertz CT molecular complexity index is 324. The van der Waals surface area contributed by atoms with Crippen LogP contribution in [0.2, 0.25) is 0 Å². The predicted molar refractivity (Wildman–Crippen MR) is 54.0 cm³/mol. The molecule has 0 radical (unpaired) electrons. The van der Waals surface area contributed by atoms with Crippen molar-refractivity contribution >= 4 is 6.21 Å². The van der Waals surface area contributed by atoms with E-state index in [1.165, 1.54) is 12.4 Å². The number of rotatable bonds is 4. The summed E-state index contributed by atoms with van der Waals surface area (Å²) in [6.45, 7) is 4.49. The zero-order valence-corrected chi connectivity index (χ0v) is 8.43. The Morgan fingerprint density at radius 3 is 3.07 bits per heavy atom. The number of pyridine rings is 1. The first-order valence-corrected chi connectivity index (χ1v) is 4.58. The molecule has 1 aromatic heterocycles. The van der Waals surface area contributed by atoms with Crippen LogP contribution in [0.25, 0.3) is 0 Å². The molecule has 0 N–H and O–H groups in total. The third-order valence-corrected chi connectivity index (χ3v) is 1.74. The SMILES string of the molecule is CCCO/N=C/c1cc[n+]([O-])cc1C. The smallest absolute Gasteiger partial charge is 0.183 e. The zero-order chi connectivity index (χ0) is 10.4. The Kier molecular flexibility index (Phi) is 3.91. The molecule has 0 saturated heterocycles. The van der Waals surface area contributed by atoms with E-state index in [9.17, 15) is 5.21 Å². The maximum absolute atomic E-state index is 10.9. The molecule has 1 aromatic rings. The summed E-state index contributed by atoms with van der Waals surface area (Å²) in [6.07, 6.45) is 5.49. The van der Waals surface area contributed by atoms with E-state index in [4.69, 9.17) is 4.84 Å². The molecule has 4 nitrogen and oxygen atoms in total. The second-order valence-corrected chi connectivity index (χ2v) is 3.01. The topological polar surface area (TPSA) is 48.5 Å². The fraction of sp³-hybridized carbons (Fsp3) is 0.400. The molecule has 76 valence electrons. The molecule has 4 heteroatoms. The van der Waals surface area contributed by atoms with Gasteiger partial charge in [0, 0.05) is 17.2 Å². The molecule has 0 aliphatic heterocycles. The Hall–Kier alpha value is -1.58. The van der Waals surface area contributed by atoms with E-state index in [-0.39, 0.29) is 0 Å². The van der Waals surface area contributed by atoms with Gasteiger partial charge in [0.15, 0.2) is 12.4 Å². The number of aromatic nitrogens is 1. The van der Waals surface area contributed by atoms with Crippen LogP contribution in [0, 0.1) is 12.1 Å². The van der Waals surface area contributed by atoms with Crippen LogP contribution in [-0.2, 0) is 4.84 Å². The fourth-order valence-electron chi connectivity index (χ4n) is 0.977. The standard InChI is InChI=1S/C10H14N2O2/c1-3-6-14-11-7-10-4-5-12(13)8-9(10)2/h4-5,7-8H,3,6H2,1-2H3/b11-7+. The Balaban J connectivity index is 2.62. The van der Waals surface area contributed by atoms with Crippen LogP contribution in [0.15, 0.2) is 23.6 Å². The minimum absolute atomic E-state index is 0.615. The predicted octanol–water partition coefficient (Wildman–Crippen LogP) is 1.39. The molecule has 0 aliphatic carbocycles. The number of nitrogens with zero attached hydrogens (tertiary/aromatic N) is 2. The van der Waals surface area contributed by atoms with E-state index in [0.29, 0.717) is 6.61 Å². The molecule has 0 spiro atoms. The van der Waals surface area contributed by atoms with E-state index in [1.54, 1.807) is 12.3 Å². The summed E-state index contributed by atoms with van der Waals surface area (Å²) in [6, 6.07) is 1.71. The van der Waals surface area contributed by atoms with Crippen LogP contribution in [0.5, 0.6) is 0 Å². The molecule has 0 aromatic carbocycles. The van der Waals surface area contributed by atoms with Crippen molar-refractivity contribution in [3.63, 3.8) is 0 Å². The summed E-state index contributed by atoms with van der Waals surface area (Å²) in [4.78, 5) is 4.96. The molecule has 0 bridgehead atoms. The van der Waals surface area contributed by atoms with Crippen molar-refractivity contribution in [2.45, 2.75) is 20.3 Å². The molecule has 0 atom stereocenters. The van der Waals surface area contributed by atoms with Crippen molar-refractivity contribution in [2.24, 2.45) is 5.16 Å². The first-order chi connectivity index (χ1) is 6.74. The summed E-state index contributed by atoms with van der Waals surface area (Å²) in [5.41, 5.74) is 1.78. The van der Waals surface area contributed by atoms with E-state index >= 15 is 0 Å². The maximum atomic E-state index is 10.9. The van der Waals surface area contributed by atoms with E-state index in [1.807, 2.05) is 13.8 Å². The highest BCUT2D eigenvalue weighted by Crippen LogP contribution is 2.00. The van der Waals surface area contributed by atoms with Gasteiger partial charge >= 0.3 is 0 Å². The first-order valence-electron chi connectivity index (χ1n) is 4.58. The number of aryl methyl sites for hydroxylation is 1. The van der Waals surface area contributed by atoms with Gasteiger partial charge in [-0.3, -0.25) is 0 Å². The highest BCUT2D eigenvalue weighted by molar-refractivity contribution is 5.80. The average molecular weight is 194 g/mol. The van der Waals surface area contributed by atoms with Crippen molar-refractivity contribution in [3.8, 4) is 0 Å².